The van der Waals surface area contributed by atoms with Gasteiger partial charge in [0.25, 0.3) is 0 Å². The average Bonchev–Trinajstić information content (AvgIpc) is 2.46. The minimum Gasteiger partial charge on any atom is -0.463 e. The van der Waals surface area contributed by atoms with Gasteiger partial charge in [0, 0.05) is 5.39 Å². The fourth-order valence-electron chi connectivity index (χ4n) is 1.46. The molecule has 2 aromatic rings. The Hall–Kier alpha value is -0.950. The predicted molar refractivity (Wildman–Crippen MR) is 59.9 cm³/mol. The quantitative estimate of drug-likeness (QED) is 0.626. The third-order valence-corrected chi connectivity index (χ3v) is 2.68. The van der Waals surface area contributed by atoms with Crippen LogP contribution in [-0.4, -0.2) is 0 Å². The van der Waals surface area contributed by atoms with Crippen LogP contribution < -0.4 is 0 Å². The van der Waals surface area contributed by atoms with Crippen LogP contribution in [0.15, 0.2) is 28.9 Å². The molecule has 0 amide bonds. The summed E-state index contributed by atoms with van der Waals surface area (Å²) in [5.41, 5.74) is 2.27. The average molecular weight is 209 g/mol. The Morgan fingerprint density at radius 1 is 1.21 bits per heavy atom. The molecule has 0 saturated carbocycles. The lowest BCUT2D eigenvalue weighted by Gasteiger charge is -2.18. The van der Waals surface area contributed by atoms with E-state index in [1.165, 1.54) is 5.56 Å². The van der Waals surface area contributed by atoms with Crippen molar-refractivity contribution >= 4 is 22.6 Å². The van der Waals surface area contributed by atoms with Crippen molar-refractivity contribution < 1.29 is 4.42 Å². The van der Waals surface area contributed by atoms with Crippen molar-refractivity contribution in [1.29, 1.82) is 0 Å². The Labute approximate surface area is 88.7 Å². The lowest BCUT2D eigenvalue weighted by molar-refractivity contribution is 0.589. The first kappa shape index (κ1) is 9.60. The molecule has 74 valence electrons. The number of halogens is 1. The molecule has 0 atom stereocenters. The number of rotatable bonds is 0. The maximum Gasteiger partial charge on any atom is 0.135 e. The molecule has 1 heterocycles. The van der Waals surface area contributed by atoms with E-state index in [1.807, 2.05) is 6.07 Å². The zero-order chi connectivity index (χ0) is 10.3. The van der Waals surface area contributed by atoms with E-state index in [4.69, 9.17) is 16.0 Å². The normalized spacial score (nSPS) is 12.3. The molecule has 0 radical (unpaired) electrons. The van der Waals surface area contributed by atoms with Crippen LogP contribution in [-0.2, 0) is 5.41 Å². The van der Waals surface area contributed by atoms with Crippen LogP contribution >= 0.6 is 11.6 Å². The SMILES string of the molecule is CC(C)(C)c1ccc2occ(Cl)c2c1. The summed E-state index contributed by atoms with van der Waals surface area (Å²) in [4.78, 5) is 0. The molecule has 0 unspecified atom stereocenters. The van der Waals surface area contributed by atoms with Crippen molar-refractivity contribution in [1.82, 2.24) is 0 Å². The van der Waals surface area contributed by atoms with Crippen molar-refractivity contribution in [3.63, 3.8) is 0 Å². The molecule has 0 saturated heterocycles. The Balaban J connectivity index is 2.66. The van der Waals surface area contributed by atoms with E-state index in [1.54, 1.807) is 6.26 Å². The van der Waals surface area contributed by atoms with Crippen LogP contribution in [0.4, 0.5) is 0 Å². The highest BCUT2D eigenvalue weighted by Crippen LogP contribution is 2.30. The van der Waals surface area contributed by atoms with Gasteiger partial charge in [-0.3, -0.25) is 0 Å². The molecule has 0 aliphatic heterocycles. The predicted octanol–water partition coefficient (Wildman–Crippen LogP) is 4.38. The second kappa shape index (κ2) is 3.03. The molecule has 0 aliphatic rings. The Morgan fingerprint density at radius 2 is 1.93 bits per heavy atom. The summed E-state index contributed by atoms with van der Waals surface area (Å²) in [5.74, 6) is 0. The topological polar surface area (TPSA) is 13.1 Å². The summed E-state index contributed by atoms with van der Waals surface area (Å²) < 4.78 is 5.28. The van der Waals surface area contributed by atoms with E-state index in [0.29, 0.717) is 5.02 Å². The second-order valence-corrected chi connectivity index (χ2v) is 4.95. The largest absolute Gasteiger partial charge is 0.463 e. The molecule has 0 aliphatic carbocycles. The first-order valence-corrected chi connectivity index (χ1v) is 5.03. The molecular formula is C12H13ClO. The highest BCUT2D eigenvalue weighted by atomic mass is 35.5. The highest BCUT2D eigenvalue weighted by molar-refractivity contribution is 6.35. The summed E-state index contributed by atoms with van der Waals surface area (Å²) in [6.07, 6.45) is 1.58. The molecule has 14 heavy (non-hydrogen) atoms. The fraction of sp³-hybridized carbons (Fsp3) is 0.333. The van der Waals surface area contributed by atoms with E-state index < -0.39 is 0 Å². The number of hydrogen-bond donors (Lipinski definition) is 0. The molecule has 0 bridgehead atoms. The van der Waals surface area contributed by atoms with Crippen molar-refractivity contribution in [2.24, 2.45) is 0 Å². The lowest BCUT2D eigenvalue weighted by Crippen LogP contribution is -2.10. The molecule has 1 aromatic heterocycles. The lowest BCUT2D eigenvalue weighted by atomic mass is 9.86. The van der Waals surface area contributed by atoms with Gasteiger partial charge in [0.1, 0.15) is 11.8 Å². The number of hydrogen-bond acceptors (Lipinski definition) is 1. The van der Waals surface area contributed by atoms with Crippen molar-refractivity contribution in [2.45, 2.75) is 26.2 Å². The van der Waals surface area contributed by atoms with Gasteiger partial charge in [-0.15, -0.1) is 0 Å². The molecule has 0 fully saturated rings. The minimum atomic E-state index is 0.148. The zero-order valence-electron chi connectivity index (χ0n) is 8.60. The first-order valence-electron chi connectivity index (χ1n) is 4.66. The number of benzene rings is 1. The van der Waals surface area contributed by atoms with Crippen molar-refractivity contribution in [2.75, 3.05) is 0 Å². The molecule has 1 nitrogen and oxygen atoms in total. The smallest absolute Gasteiger partial charge is 0.135 e. The third-order valence-electron chi connectivity index (χ3n) is 2.39. The van der Waals surface area contributed by atoms with Crippen molar-refractivity contribution in [3.8, 4) is 0 Å². The van der Waals surface area contributed by atoms with Crippen LogP contribution in [0.25, 0.3) is 11.0 Å². The summed E-state index contributed by atoms with van der Waals surface area (Å²) in [6, 6.07) is 6.16. The molecule has 0 N–H and O–H groups in total. The van der Waals surface area contributed by atoms with Crippen LogP contribution in [0, 0.1) is 0 Å². The van der Waals surface area contributed by atoms with Gasteiger partial charge in [0.05, 0.1) is 5.02 Å². The van der Waals surface area contributed by atoms with Gasteiger partial charge in [-0.05, 0) is 23.1 Å². The van der Waals surface area contributed by atoms with Gasteiger partial charge in [-0.2, -0.15) is 0 Å². The minimum absolute atomic E-state index is 0.148. The Bertz CT molecular complexity index is 463. The van der Waals surface area contributed by atoms with E-state index in [0.717, 1.165) is 11.0 Å². The molecule has 1 aromatic carbocycles. The highest BCUT2D eigenvalue weighted by Gasteiger charge is 2.15. The third kappa shape index (κ3) is 1.53. The van der Waals surface area contributed by atoms with Gasteiger partial charge in [-0.25, -0.2) is 0 Å². The maximum absolute atomic E-state index is 6.00. The summed E-state index contributed by atoms with van der Waals surface area (Å²) >= 11 is 6.00. The fourth-order valence-corrected chi connectivity index (χ4v) is 1.66. The van der Waals surface area contributed by atoms with Crippen LogP contribution in [0.5, 0.6) is 0 Å². The van der Waals surface area contributed by atoms with Gasteiger partial charge >= 0.3 is 0 Å². The van der Waals surface area contributed by atoms with E-state index in [2.05, 4.69) is 32.9 Å². The Kier molecular flexibility index (Phi) is 2.07. The molecule has 2 rings (SSSR count). The summed E-state index contributed by atoms with van der Waals surface area (Å²) in [5, 5.41) is 1.69. The maximum atomic E-state index is 6.00. The van der Waals surface area contributed by atoms with Crippen LogP contribution in [0.3, 0.4) is 0 Å². The second-order valence-electron chi connectivity index (χ2n) is 4.54. The van der Waals surface area contributed by atoms with Gasteiger partial charge < -0.3 is 4.42 Å². The molecular weight excluding hydrogens is 196 g/mol. The first-order chi connectivity index (χ1) is 6.48. The van der Waals surface area contributed by atoms with Crippen LogP contribution in [0.2, 0.25) is 5.02 Å². The van der Waals surface area contributed by atoms with E-state index in [9.17, 15) is 0 Å². The summed E-state index contributed by atoms with van der Waals surface area (Å²) in [6.45, 7) is 6.55. The molecule has 0 spiro atoms. The van der Waals surface area contributed by atoms with Gasteiger partial charge in [0.15, 0.2) is 0 Å². The van der Waals surface area contributed by atoms with Gasteiger partial charge in [0.2, 0.25) is 0 Å². The van der Waals surface area contributed by atoms with E-state index in [-0.39, 0.29) is 5.41 Å². The van der Waals surface area contributed by atoms with Crippen LogP contribution in [0.1, 0.15) is 26.3 Å². The number of furan rings is 1. The van der Waals surface area contributed by atoms with Gasteiger partial charge in [-0.1, -0.05) is 38.4 Å². The van der Waals surface area contributed by atoms with Crippen molar-refractivity contribution in [3.05, 3.63) is 35.0 Å². The molecule has 2 heteroatoms. The monoisotopic (exact) mass is 208 g/mol. The summed E-state index contributed by atoms with van der Waals surface area (Å²) in [7, 11) is 0. The Morgan fingerprint density at radius 3 is 2.57 bits per heavy atom. The zero-order valence-corrected chi connectivity index (χ0v) is 9.35. The standard InChI is InChI=1S/C12H13ClO/c1-12(2,3)8-4-5-11-9(6-8)10(13)7-14-11/h4-7H,1-3H3. The number of fused-ring (bicyclic) bond motifs is 1. The van der Waals surface area contributed by atoms with E-state index >= 15 is 0 Å².